The van der Waals surface area contributed by atoms with Crippen LogP contribution in [0.4, 0.5) is 10.5 Å². The monoisotopic (exact) mass is 316 g/mol. The minimum Gasteiger partial charge on any atom is -0.331 e. The lowest BCUT2D eigenvalue weighted by Gasteiger charge is -2.19. The molecule has 3 heteroatoms. The normalized spacial score (nSPS) is 15.0. The quantitative estimate of drug-likeness (QED) is 0.689. The Morgan fingerprint density at radius 1 is 0.875 bits per heavy atom. The molecule has 1 saturated carbocycles. The Balaban J connectivity index is 1.53. The van der Waals surface area contributed by atoms with E-state index in [1.807, 2.05) is 48.5 Å². The van der Waals surface area contributed by atoms with E-state index in [1.54, 1.807) is 0 Å². The summed E-state index contributed by atoms with van der Waals surface area (Å²) in [6.45, 7) is 0. The fourth-order valence-corrected chi connectivity index (χ4v) is 3.20. The Kier molecular flexibility index (Phi) is 3.91. The first-order chi connectivity index (χ1) is 11.8. The molecule has 0 radical (unpaired) electrons. The van der Waals surface area contributed by atoms with Gasteiger partial charge in [-0.3, -0.25) is 0 Å². The molecule has 120 valence electrons. The molecule has 4 rings (SSSR count). The first-order valence-corrected chi connectivity index (χ1v) is 8.41. The Labute approximate surface area is 141 Å². The van der Waals surface area contributed by atoms with Crippen LogP contribution in [-0.4, -0.2) is 6.03 Å². The lowest BCUT2D eigenvalue weighted by molar-refractivity contribution is 0.247. The van der Waals surface area contributed by atoms with Crippen molar-refractivity contribution >= 4 is 22.5 Å². The maximum absolute atomic E-state index is 12.5. The van der Waals surface area contributed by atoms with Gasteiger partial charge in [0, 0.05) is 5.39 Å². The van der Waals surface area contributed by atoms with Crippen LogP contribution in [-0.2, 0) is 0 Å². The molecule has 1 unspecified atom stereocenters. The van der Waals surface area contributed by atoms with Crippen LogP contribution in [0.15, 0.2) is 72.8 Å². The highest BCUT2D eigenvalue weighted by atomic mass is 16.2. The number of benzene rings is 3. The molecule has 0 spiro atoms. The van der Waals surface area contributed by atoms with Gasteiger partial charge in [-0.15, -0.1) is 0 Å². The SMILES string of the molecule is O=C(Nc1cccc2ccccc12)NC(c1ccccc1)C1CC1. The maximum Gasteiger partial charge on any atom is 0.319 e. The lowest BCUT2D eigenvalue weighted by atomic mass is 10.0. The van der Waals surface area contributed by atoms with Crippen molar-refractivity contribution < 1.29 is 4.79 Å². The second-order valence-corrected chi connectivity index (χ2v) is 6.35. The van der Waals surface area contributed by atoms with Gasteiger partial charge in [-0.1, -0.05) is 66.7 Å². The van der Waals surface area contributed by atoms with Crippen molar-refractivity contribution in [1.82, 2.24) is 5.32 Å². The molecule has 3 aromatic rings. The number of carbonyl (C=O) groups excluding carboxylic acids is 1. The Hall–Kier alpha value is -2.81. The van der Waals surface area contributed by atoms with E-state index in [9.17, 15) is 4.79 Å². The molecule has 1 aliphatic carbocycles. The molecule has 0 aromatic heterocycles. The summed E-state index contributed by atoms with van der Waals surface area (Å²) < 4.78 is 0. The van der Waals surface area contributed by atoms with E-state index in [0.717, 1.165) is 16.5 Å². The topological polar surface area (TPSA) is 41.1 Å². The molecule has 1 fully saturated rings. The van der Waals surface area contributed by atoms with Crippen LogP contribution in [0.25, 0.3) is 10.8 Å². The highest BCUT2D eigenvalue weighted by Gasteiger charge is 2.33. The smallest absolute Gasteiger partial charge is 0.319 e. The van der Waals surface area contributed by atoms with Gasteiger partial charge in [-0.2, -0.15) is 0 Å². The van der Waals surface area contributed by atoms with Gasteiger partial charge in [-0.05, 0) is 35.8 Å². The Morgan fingerprint density at radius 2 is 1.58 bits per heavy atom. The first-order valence-electron chi connectivity index (χ1n) is 8.41. The lowest BCUT2D eigenvalue weighted by Crippen LogP contribution is -2.33. The molecule has 0 bridgehead atoms. The van der Waals surface area contributed by atoms with Gasteiger partial charge in [0.1, 0.15) is 0 Å². The average Bonchev–Trinajstić information content (AvgIpc) is 3.46. The average molecular weight is 316 g/mol. The fraction of sp³-hybridized carbons (Fsp3) is 0.190. The van der Waals surface area contributed by atoms with E-state index in [-0.39, 0.29) is 12.1 Å². The summed E-state index contributed by atoms with van der Waals surface area (Å²) in [5, 5.41) is 8.35. The van der Waals surface area contributed by atoms with Gasteiger partial charge in [-0.25, -0.2) is 4.79 Å². The van der Waals surface area contributed by atoms with Gasteiger partial charge < -0.3 is 10.6 Å². The van der Waals surface area contributed by atoms with E-state index >= 15 is 0 Å². The van der Waals surface area contributed by atoms with Gasteiger partial charge in [0.05, 0.1) is 11.7 Å². The van der Waals surface area contributed by atoms with Crippen molar-refractivity contribution in [3.63, 3.8) is 0 Å². The van der Waals surface area contributed by atoms with Crippen molar-refractivity contribution in [2.45, 2.75) is 18.9 Å². The molecule has 24 heavy (non-hydrogen) atoms. The zero-order chi connectivity index (χ0) is 16.4. The van der Waals surface area contributed by atoms with E-state index in [0.29, 0.717) is 5.92 Å². The van der Waals surface area contributed by atoms with E-state index in [4.69, 9.17) is 0 Å². The van der Waals surface area contributed by atoms with Crippen LogP contribution < -0.4 is 10.6 Å². The number of nitrogens with one attached hydrogen (secondary N) is 2. The minimum atomic E-state index is -0.146. The van der Waals surface area contributed by atoms with Gasteiger partial charge in [0.25, 0.3) is 0 Å². The largest absolute Gasteiger partial charge is 0.331 e. The number of rotatable bonds is 4. The van der Waals surface area contributed by atoms with Crippen molar-refractivity contribution in [3.8, 4) is 0 Å². The summed E-state index contributed by atoms with van der Waals surface area (Å²) in [6, 6.07) is 24.2. The zero-order valence-electron chi connectivity index (χ0n) is 13.4. The predicted molar refractivity (Wildman–Crippen MR) is 98.0 cm³/mol. The molecule has 1 atom stereocenters. The first kappa shape index (κ1) is 14.8. The number of anilines is 1. The highest BCUT2D eigenvalue weighted by Crippen LogP contribution is 2.41. The zero-order valence-corrected chi connectivity index (χ0v) is 13.4. The molecular weight excluding hydrogens is 296 g/mol. The highest BCUT2D eigenvalue weighted by molar-refractivity contribution is 6.01. The van der Waals surface area contributed by atoms with Crippen molar-refractivity contribution in [1.29, 1.82) is 0 Å². The molecule has 2 amide bonds. The van der Waals surface area contributed by atoms with Crippen molar-refractivity contribution in [2.24, 2.45) is 5.92 Å². The molecule has 2 N–H and O–H groups in total. The predicted octanol–water partition coefficient (Wildman–Crippen LogP) is 5.11. The third kappa shape index (κ3) is 3.11. The summed E-state index contributed by atoms with van der Waals surface area (Å²) in [5.74, 6) is 0.547. The Morgan fingerprint density at radius 3 is 2.38 bits per heavy atom. The van der Waals surface area contributed by atoms with Crippen LogP contribution in [0.1, 0.15) is 24.4 Å². The molecule has 0 aliphatic heterocycles. The molecule has 1 aliphatic rings. The van der Waals surface area contributed by atoms with Crippen LogP contribution in [0.2, 0.25) is 0 Å². The third-order valence-electron chi connectivity index (χ3n) is 4.58. The molecule has 0 heterocycles. The standard InChI is InChI=1S/C21H20N2O/c24-21(22-19-12-6-10-15-7-4-5-11-18(15)19)23-20(17-13-14-17)16-8-2-1-3-9-16/h1-12,17,20H,13-14H2,(H2,22,23,24). The molecular formula is C21H20N2O. The molecule has 3 aromatic carbocycles. The number of amides is 2. The number of carbonyl (C=O) groups is 1. The number of hydrogen-bond acceptors (Lipinski definition) is 1. The van der Waals surface area contributed by atoms with E-state index < -0.39 is 0 Å². The van der Waals surface area contributed by atoms with Crippen LogP contribution in [0, 0.1) is 5.92 Å². The molecule has 3 nitrogen and oxygen atoms in total. The third-order valence-corrected chi connectivity index (χ3v) is 4.58. The van der Waals surface area contributed by atoms with Crippen LogP contribution in [0.5, 0.6) is 0 Å². The van der Waals surface area contributed by atoms with Crippen LogP contribution in [0.3, 0.4) is 0 Å². The second-order valence-electron chi connectivity index (χ2n) is 6.35. The number of urea groups is 1. The van der Waals surface area contributed by atoms with Gasteiger partial charge in [0.2, 0.25) is 0 Å². The minimum absolute atomic E-state index is 0.0844. The molecule has 0 saturated heterocycles. The summed E-state index contributed by atoms with van der Waals surface area (Å²) in [4.78, 5) is 12.5. The van der Waals surface area contributed by atoms with Crippen molar-refractivity contribution in [3.05, 3.63) is 78.4 Å². The maximum atomic E-state index is 12.5. The summed E-state index contributed by atoms with van der Waals surface area (Å²) in [5.41, 5.74) is 2.02. The number of hydrogen-bond donors (Lipinski definition) is 2. The Bertz CT molecular complexity index is 851. The summed E-state index contributed by atoms with van der Waals surface area (Å²) in [7, 11) is 0. The van der Waals surface area contributed by atoms with E-state index in [2.05, 4.69) is 34.9 Å². The van der Waals surface area contributed by atoms with Crippen molar-refractivity contribution in [2.75, 3.05) is 5.32 Å². The van der Waals surface area contributed by atoms with Gasteiger partial charge in [0.15, 0.2) is 0 Å². The summed E-state index contributed by atoms with van der Waals surface area (Å²) in [6.07, 6.45) is 2.35. The summed E-state index contributed by atoms with van der Waals surface area (Å²) >= 11 is 0. The van der Waals surface area contributed by atoms with Crippen LogP contribution >= 0.6 is 0 Å². The second kappa shape index (κ2) is 6.36. The van der Waals surface area contributed by atoms with E-state index in [1.165, 1.54) is 18.4 Å². The van der Waals surface area contributed by atoms with Gasteiger partial charge >= 0.3 is 6.03 Å². The fourth-order valence-electron chi connectivity index (χ4n) is 3.20. The number of fused-ring (bicyclic) bond motifs is 1.